The summed E-state index contributed by atoms with van der Waals surface area (Å²) in [5.41, 5.74) is 7.51. The van der Waals surface area contributed by atoms with Crippen LogP contribution in [-0.4, -0.2) is 19.9 Å². The highest BCUT2D eigenvalue weighted by molar-refractivity contribution is 6.05. The lowest BCUT2D eigenvalue weighted by atomic mass is 9.99. The van der Waals surface area contributed by atoms with Gasteiger partial charge in [0, 0.05) is 27.6 Å². The Bertz CT molecular complexity index is 2170. The number of rotatable bonds is 5. The van der Waals surface area contributed by atoms with E-state index < -0.39 is 0 Å². The lowest BCUT2D eigenvalue weighted by Crippen LogP contribution is -2.00. The van der Waals surface area contributed by atoms with E-state index >= 15 is 0 Å². The topological polar surface area (TPSA) is 64.7 Å². The van der Waals surface area contributed by atoms with Crippen LogP contribution >= 0.6 is 0 Å². The molecule has 0 aliphatic heterocycles. The maximum Gasteiger partial charge on any atom is 0.227 e. The molecule has 43 heavy (non-hydrogen) atoms. The van der Waals surface area contributed by atoms with Gasteiger partial charge in [-0.3, -0.25) is 0 Å². The van der Waals surface area contributed by atoms with Crippen LogP contribution in [0.3, 0.4) is 0 Å². The number of nitrogens with zero attached hydrogens (tertiary/aromatic N) is 4. The van der Waals surface area contributed by atoms with Crippen molar-refractivity contribution in [1.82, 2.24) is 19.9 Å². The van der Waals surface area contributed by atoms with Crippen molar-refractivity contribution in [3.63, 3.8) is 0 Å². The summed E-state index contributed by atoms with van der Waals surface area (Å²) in [6, 6.07) is 48.9. The van der Waals surface area contributed by atoms with E-state index in [4.69, 9.17) is 24.4 Å². The molecular formula is C38H24N4O. The Morgan fingerprint density at radius 1 is 0.372 bits per heavy atom. The lowest BCUT2D eigenvalue weighted by Gasteiger charge is -2.10. The van der Waals surface area contributed by atoms with Gasteiger partial charge in [-0.2, -0.15) is 0 Å². The van der Waals surface area contributed by atoms with E-state index in [0.717, 1.165) is 55.3 Å². The molecule has 8 rings (SSSR count). The Kier molecular flexibility index (Phi) is 6.05. The molecule has 0 atom stereocenters. The second-order valence-corrected chi connectivity index (χ2v) is 10.4. The van der Waals surface area contributed by atoms with Gasteiger partial charge in [0.25, 0.3) is 0 Å². The van der Waals surface area contributed by atoms with Gasteiger partial charge >= 0.3 is 0 Å². The van der Waals surface area contributed by atoms with Crippen molar-refractivity contribution in [2.75, 3.05) is 0 Å². The number of oxazole rings is 1. The molecule has 0 N–H and O–H groups in total. The minimum absolute atomic E-state index is 0.619. The van der Waals surface area contributed by atoms with Gasteiger partial charge in [-0.05, 0) is 46.8 Å². The number of aromatic nitrogens is 4. The van der Waals surface area contributed by atoms with Crippen LogP contribution in [0, 0.1) is 0 Å². The molecule has 5 nitrogen and oxygen atoms in total. The maximum absolute atomic E-state index is 6.32. The molecule has 0 amide bonds. The minimum Gasteiger partial charge on any atom is -0.435 e. The normalized spacial score (nSPS) is 11.3. The van der Waals surface area contributed by atoms with Gasteiger partial charge in [-0.25, -0.2) is 19.9 Å². The fourth-order valence-corrected chi connectivity index (χ4v) is 5.36. The zero-order valence-electron chi connectivity index (χ0n) is 23.1. The fraction of sp³-hybridized carbons (Fsp3) is 0. The van der Waals surface area contributed by atoms with Crippen LogP contribution in [0.25, 0.3) is 78.6 Å². The molecular weight excluding hydrogens is 528 g/mol. The molecule has 0 unspecified atom stereocenters. The predicted octanol–water partition coefficient (Wildman–Crippen LogP) is 9.50. The molecule has 0 bridgehead atoms. The number of fused-ring (bicyclic) bond motifs is 3. The summed E-state index contributed by atoms with van der Waals surface area (Å²) < 4.78 is 6.32. The molecule has 2 heterocycles. The minimum atomic E-state index is 0.619. The van der Waals surface area contributed by atoms with Crippen LogP contribution in [-0.2, 0) is 0 Å². The molecule has 8 aromatic rings. The summed E-state index contributed by atoms with van der Waals surface area (Å²) in [7, 11) is 0. The number of hydrogen-bond donors (Lipinski definition) is 0. The summed E-state index contributed by atoms with van der Waals surface area (Å²) >= 11 is 0. The molecule has 0 saturated carbocycles. The van der Waals surface area contributed by atoms with Gasteiger partial charge in [0.2, 0.25) is 5.89 Å². The molecule has 0 saturated heterocycles. The van der Waals surface area contributed by atoms with Crippen LogP contribution < -0.4 is 0 Å². The third-order valence-electron chi connectivity index (χ3n) is 7.55. The van der Waals surface area contributed by atoms with Gasteiger partial charge in [-0.1, -0.05) is 115 Å². The first-order valence-electron chi connectivity index (χ1n) is 14.1. The summed E-state index contributed by atoms with van der Waals surface area (Å²) in [5, 5.41) is 2.12. The van der Waals surface area contributed by atoms with Crippen LogP contribution in [0.4, 0.5) is 0 Å². The number of benzene rings is 6. The third kappa shape index (κ3) is 4.73. The number of hydrogen-bond acceptors (Lipinski definition) is 5. The van der Waals surface area contributed by atoms with Crippen molar-refractivity contribution in [3.05, 3.63) is 146 Å². The highest BCUT2D eigenvalue weighted by Gasteiger charge is 2.15. The Hall–Kier alpha value is -5.94. The van der Waals surface area contributed by atoms with Gasteiger partial charge in [0.1, 0.15) is 5.52 Å². The van der Waals surface area contributed by atoms with Crippen molar-refractivity contribution < 1.29 is 4.42 Å². The van der Waals surface area contributed by atoms with Crippen LogP contribution in [0.15, 0.2) is 150 Å². The molecule has 2 aromatic heterocycles. The molecule has 0 fully saturated rings. The van der Waals surface area contributed by atoms with Crippen molar-refractivity contribution in [2.24, 2.45) is 0 Å². The van der Waals surface area contributed by atoms with Gasteiger partial charge in [0.15, 0.2) is 23.1 Å². The molecule has 6 aromatic carbocycles. The van der Waals surface area contributed by atoms with Crippen LogP contribution in [0.2, 0.25) is 0 Å². The van der Waals surface area contributed by atoms with Gasteiger partial charge in [-0.15, -0.1) is 0 Å². The molecule has 0 aliphatic rings. The smallest absolute Gasteiger partial charge is 0.227 e. The van der Waals surface area contributed by atoms with E-state index in [2.05, 4.69) is 36.4 Å². The van der Waals surface area contributed by atoms with Crippen molar-refractivity contribution in [1.29, 1.82) is 0 Å². The molecule has 202 valence electrons. The molecule has 5 heteroatoms. The zero-order chi connectivity index (χ0) is 28.6. The summed E-state index contributed by atoms with van der Waals surface area (Å²) in [4.78, 5) is 19.4. The standard InChI is InChI=1S/C38H24N4O/c1-4-11-26(12-5-1)35-40-36(27-13-6-2-7-14-27)42-37(41-35)31-18-10-17-29(23-31)30-20-19-25-21-22-33-34(32(25)24-30)43-38(39-33)28-15-8-3-9-16-28/h1-24H. The molecule has 0 radical (unpaired) electrons. The first-order valence-corrected chi connectivity index (χ1v) is 14.1. The Morgan fingerprint density at radius 2 is 0.884 bits per heavy atom. The van der Waals surface area contributed by atoms with Crippen LogP contribution in [0.1, 0.15) is 0 Å². The van der Waals surface area contributed by atoms with E-state index in [1.165, 1.54) is 0 Å². The van der Waals surface area contributed by atoms with Crippen LogP contribution in [0.5, 0.6) is 0 Å². The van der Waals surface area contributed by atoms with Crippen molar-refractivity contribution in [3.8, 4) is 56.7 Å². The Morgan fingerprint density at radius 3 is 1.53 bits per heavy atom. The van der Waals surface area contributed by atoms with E-state index in [1.54, 1.807) is 0 Å². The Labute approximate surface area is 248 Å². The lowest BCUT2D eigenvalue weighted by molar-refractivity contribution is 0.623. The van der Waals surface area contributed by atoms with Gasteiger partial charge < -0.3 is 4.42 Å². The summed E-state index contributed by atoms with van der Waals surface area (Å²) in [5.74, 6) is 2.53. The van der Waals surface area contributed by atoms with E-state index in [-0.39, 0.29) is 0 Å². The SMILES string of the molecule is c1ccc(-c2nc(-c3ccccc3)nc(-c3cccc(-c4ccc5ccc6nc(-c7ccccc7)oc6c5c4)c3)n2)cc1. The Balaban J connectivity index is 1.24. The van der Waals surface area contributed by atoms with Gasteiger partial charge in [0.05, 0.1) is 0 Å². The maximum atomic E-state index is 6.32. The largest absolute Gasteiger partial charge is 0.435 e. The van der Waals surface area contributed by atoms with E-state index in [9.17, 15) is 0 Å². The fourth-order valence-electron chi connectivity index (χ4n) is 5.36. The average molecular weight is 553 g/mol. The monoisotopic (exact) mass is 552 g/mol. The second-order valence-electron chi connectivity index (χ2n) is 10.4. The average Bonchev–Trinajstić information content (AvgIpc) is 3.54. The first kappa shape index (κ1) is 24.8. The van der Waals surface area contributed by atoms with Crippen molar-refractivity contribution >= 4 is 21.9 Å². The zero-order valence-corrected chi connectivity index (χ0v) is 23.1. The van der Waals surface area contributed by atoms with E-state index in [1.807, 2.05) is 109 Å². The predicted molar refractivity (Wildman–Crippen MR) is 172 cm³/mol. The quantitative estimate of drug-likeness (QED) is 0.213. The highest BCUT2D eigenvalue weighted by atomic mass is 16.3. The van der Waals surface area contributed by atoms with Crippen molar-refractivity contribution in [2.45, 2.75) is 0 Å². The molecule has 0 spiro atoms. The second kappa shape index (κ2) is 10.5. The summed E-state index contributed by atoms with van der Waals surface area (Å²) in [6.07, 6.45) is 0. The highest BCUT2D eigenvalue weighted by Crippen LogP contribution is 2.34. The summed E-state index contributed by atoms with van der Waals surface area (Å²) in [6.45, 7) is 0. The third-order valence-corrected chi connectivity index (χ3v) is 7.55. The molecule has 0 aliphatic carbocycles. The van der Waals surface area contributed by atoms with E-state index in [0.29, 0.717) is 23.4 Å². The first-order chi connectivity index (χ1) is 21.3.